The molecule has 1 rings (SSSR count). The molecular formula is C11H16BrN3O2S. The van der Waals surface area contributed by atoms with E-state index in [9.17, 15) is 4.79 Å². The Balaban J connectivity index is 0.000000631. The highest BCUT2D eigenvalue weighted by Crippen LogP contribution is 2.20. The minimum Gasteiger partial charge on any atom is -0.415 e. The molecule has 1 N–H and O–H groups in total. The quantitative estimate of drug-likeness (QED) is 0.659. The van der Waals surface area contributed by atoms with Crippen LogP contribution in [0.5, 0.6) is 0 Å². The molecule has 18 heavy (non-hydrogen) atoms. The summed E-state index contributed by atoms with van der Waals surface area (Å²) in [4.78, 5) is 11.1. The summed E-state index contributed by atoms with van der Waals surface area (Å²) >= 11 is 4.33. The monoisotopic (exact) mass is 333 g/mol. The molecule has 0 aliphatic heterocycles. The predicted molar refractivity (Wildman–Crippen MR) is 77.6 cm³/mol. The van der Waals surface area contributed by atoms with Gasteiger partial charge in [-0.15, -0.1) is 10.2 Å². The number of hydrogen-bond donors (Lipinski definition) is 1. The molecule has 0 aliphatic carbocycles. The van der Waals surface area contributed by atoms with Crippen LogP contribution < -0.4 is 5.32 Å². The van der Waals surface area contributed by atoms with Crippen LogP contribution in [0.1, 0.15) is 27.2 Å². The summed E-state index contributed by atoms with van der Waals surface area (Å²) in [5.41, 5.74) is 0. The van der Waals surface area contributed by atoms with E-state index in [4.69, 9.17) is 4.74 Å². The van der Waals surface area contributed by atoms with Crippen molar-refractivity contribution in [1.82, 2.24) is 10.2 Å². The van der Waals surface area contributed by atoms with Gasteiger partial charge in [0.2, 0.25) is 5.13 Å². The van der Waals surface area contributed by atoms with Gasteiger partial charge in [0.15, 0.2) is 3.92 Å². The smallest absolute Gasteiger partial charge is 0.415 e. The molecule has 1 amide bonds. The van der Waals surface area contributed by atoms with Gasteiger partial charge in [0, 0.05) is 6.42 Å². The van der Waals surface area contributed by atoms with E-state index in [1.807, 2.05) is 32.9 Å². The van der Waals surface area contributed by atoms with Crippen molar-refractivity contribution in [2.45, 2.75) is 27.2 Å². The Bertz CT molecular complexity index is 414. The first kappa shape index (κ1) is 16.8. The number of nitrogens with one attached hydrogen (secondary N) is 1. The van der Waals surface area contributed by atoms with Crippen molar-refractivity contribution in [3.63, 3.8) is 0 Å². The molecule has 0 radical (unpaired) electrons. The van der Waals surface area contributed by atoms with Gasteiger partial charge in [-0.05, 0) is 29.8 Å². The summed E-state index contributed by atoms with van der Waals surface area (Å²) in [6.07, 6.45) is 3.99. The maximum absolute atomic E-state index is 11.1. The number of allylic oxidation sites excluding steroid dienone is 3. The second-order valence-electron chi connectivity index (χ2n) is 2.93. The number of halogens is 1. The lowest BCUT2D eigenvalue weighted by molar-refractivity contribution is 0.189. The molecule has 7 heteroatoms. The largest absolute Gasteiger partial charge is 0.418 e. The summed E-state index contributed by atoms with van der Waals surface area (Å²) in [7, 11) is 0. The van der Waals surface area contributed by atoms with Crippen LogP contribution in [0.2, 0.25) is 0 Å². The van der Waals surface area contributed by atoms with Crippen LogP contribution >= 0.6 is 27.3 Å². The van der Waals surface area contributed by atoms with E-state index in [1.165, 1.54) is 11.3 Å². The number of carbonyl (C=O) groups is 1. The molecule has 1 aromatic heterocycles. The Morgan fingerprint density at radius 3 is 2.50 bits per heavy atom. The first-order valence-electron chi connectivity index (χ1n) is 5.26. The van der Waals surface area contributed by atoms with Crippen molar-refractivity contribution in [2.24, 2.45) is 0 Å². The molecule has 0 unspecified atom stereocenters. The second kappa shape index (κ2) is 9.78. The van der Waals surface area contributed by atoms with Gasteiger partial charge in [0.05, 0.1) is 0 Å². The SMILES string of the molecule is C/C=C\C.C=C(CC)OC(=O)Nc1nnc(Br)s1. The van der Waals surface area contributed by atoms with Gasteiger partial charge in [0.25, 0.3) is 0 Å². The number of hydrogen-bond acceptors (Lipinski definition) is 5. The Labute approximate surface area is 119 Å². The number of amides is 1. The van der Waals surface area contributed by atoms with Crippen LogP contribution in [-0.2, 0) is 4.74 Å². The van der Waals surface area contributed by atoms with Gasteiger partial charge in [0.1, 0.15) is 5.76 Å². The first-order valence-corrected chi connectivity index (χ1v) is 6.87. The molecule has 1 heterocycles. The molecule has 100 valence electrons. The lowest BCUT2D eigenvalue weighted by Crippen LogP contribution is -2.12. The summed E-state index contributed by atoms with van der Waals surface area (Å²) in [6, 6.07) is 0. The van der Waals surface area contributed by atoms with Crippen LogP contribution in [0.25, 0.3) is 0 Å². The summed E-state index contributed by atoms with van der Waals surface area (Å²) in [5, 5.41) is 10.1. The van der Waals surface area contributed by atoms with Crippen molar-refractivity contribution in [3.8, 4) is 0 Å². The molecule has 0 spiro atoms. The zero-order valence-corrected chi connectivity index (χ0v) is 13.0. The highest BCUT2D eigenvalue weighted by Gasteiger charge is 2.08. The number of rotatable bonds is 3. The molecule has 0 saturated heterocycles. The Kier molecular flexibility index (Phi) is 9.13. The van der Waals surface area contributed by atoms with Gasteiger partial charge in [-0.25, -0.2) is 4.79 Å². The van der Waals surface area contributed by atoms with Crippen molar-refractivity contribution >= 4 is 38.5 Å². The van der Waals surface area contributed by atoms with Crippen LogP contribution in [0.15, 0.2) is 28.4 Å². The number of aromatic nitrogens is 2. The lowest BCUT2D eigenvalue weighted by Gasteiger charge is -2.03. The van der Waals surface area contributed by atoms with E-state index in [0.29, 0.717) is 21.2 Å². The topological polar surface area (TPSA) is 64.1 Å². The van der Waals surface area contributed by atoms with Gasteiger partial charge in [-0.1, -0.05) is 37.0 Å². The van der Waals surface area contributed by atoms with E-state index in [-0.39, 0.29) is 0 Å². The first-order chi connectivity index (χ1) is 8.53. The number of ether oxygens (including phenoxy) is 1. The second-order valence-corrected chi connectivity index (χ2v) is 5.19. The molecule has 5 nitrogen and oxygen atoms in total. The molecule has 0 atom stereocenters. The fraction of sp³-hybridized carbons (Fsp3) is 0.364. The molecular weight excluding hydrogens is 318 g/mol. The Hall–Kier alpha value is -1.21. The minimum absolute atomic E-state index is 0.380. The third kappa shape index (κ3) is 7.97. The van der Waals surface area contributed by atoms with Gasteiger partial charge < -0.3 is 4.74 Å². The van der Waals surface area contributed by atoms with Gasteiger partial charge in [-0.2, -0.15) is 0 Å². The average Bonchev–Trinajstić information content (AvgIpc) is 2.74. The van der Waals surface area contributed by atoms with Crippen molar-refractivity contribution in [1.29, 1.82) is 0 Å². The molecule has 0 saturated carbocycles. The predicted octanol–water partition coefficient (Wildman–Crippen LogP) is 4.36. The molecule has 0 aliphatic rings. The fourth-order valence-electron chi connectivity index (χ4n) is 0.572. The van der Waals surface area contributed by atoms with E-state index >= 15 is 0 Å². The summed E-state index contributed by atoms with van der Waals surface area (Å²) in [6.45, 7) is 9.38. The van der Waals surface area contributed by atoms with Crippen molar-refractivity contribution in [3.05, 3.63) is 28.4 Å². The standard InChI is InChI=1S/C7H8BrN3O2S.C4H8/c1-3-4(2)13-7(12)9-6-11-10-5(8)14-6;1-3-4-2/h2-3H2,1H3,(H,9,11,12);3-4H,1-2H3/b;4-3-. The highest BCUT2D eigenvalue weighted by atomic mass is 79.9. The molecule has 0 bridgehead atoms. The zero-order valence-electron chi connectivity index (χ0n) is 10.6. The van der Waals surface area contributed by atoms with E-state index in [1.54, 1.807) is 0 Å². The third-order valence-electron chi connectivity index (χ3n) is 1.57. The van der Waals surface area contributed by atoms with Crippen LogP contribution in [0, 0.1) is 0 Å². The van der Waals surface area contributed by atoms with E-state index in [0.717, 1.165) is 0 Å². The lowest BCUT2D eigenvalue weighted by atomic mass is 10.4. The number of carbonyl (C=O) groups excluding carboxylic acids is 1. The Morgan fingerprint density at radius 2 is 2.11 bits per heavy atom. The number of anilines is 1. The molecule has 0 aromatic carbocycles. The normalized spacial score (nSPS) is 9.56. The fourth-order valence-corrected chi connectivity index (χ4v) is 1.57. The van der Waals surface area contributed by atoms with Gasteiger partial charge in [-0.3, -0.25) is 5.32 Å². The zero-order chi connectivity index (χ0) is 14.0. The third-order valence-corrected chi connectivity index (χ3v) is 2.85. The maximum atomic E-state index is 11.1. The molecule has 1 aromatic rings. The van der Waals surface area contributed by atoms with Crippen molar-refractivity contribution < 1.29 is 9.53 Å². The molecule has 0 fully saturated rings. The minimum atomic E-state index is -0.597. The maximum Gasteiger partial charge on any atom is 0.418 e. The van der Waals surface area contributed by atoms with E-state index in [2.05, 4.69) is 38.0 Å². The summed E-state index contributed by atoms with van der Waals surface area (Å²) in [5.74, 6) is 0.408. The van der Waals surface area contributed by atoms with Crippen LogP contribution in [0.3, 0.4) is 0 Å². The highest BCUT2D eigenvalue weighted by molar-refractivity contribution is 9.11. The van der Waals surface area contributed by atoms with Gasteiger partial charge >= 0.3 is 6.09 Å². The average molecular weight is 334 g/mol. The van der Waals surface area contributed by atoms with Crippen molar-refractivity contribution in [2.75, 3.05) is 5.32 Å². The van der Waals surface area contributed by atoms with Crippen LogP contribution in [-0.4, -0.2) is 16.3 Å². The summed E-state index contributed by atoms with van der Waals surface area (Å²) < 4.78 is 5.39. The van der Waals surface area contributed by atoms with E-state index < -0.39 is 6.09 Å². The van der Waals surface area contributed by atoms with Crippen LogP contribution in [0.4, 0.5) is 9.93 Å². The Morgan fingerprint density at radius 1 is 1.50 bits per heavy atom. The number of nitrogens with zero attached hydrogens (tertiary/aromatic N) is 2.